The maximum atomic E-state index is 12.5. The van der Waals surface area contributed by atoms with Gasteiger partial charge in [-0.2, -0.15) is 0 Å². The van der Waals surface area contributed by atoms with Gasteiger partial charge in [-0.05, 0) is 55.3 Å². The molecule has 0 fully saturated rings. The molecule has 7 nitrogen and oxygen atoms in total. The van der Waals surface area contributed by atoms with Gasteiger partial charge in [0.05, 0.1) is 18.9 Å². The largest absolute Gasteiger partial charge is 0.494 e. The Morgan fingerprint density at radius 2 is 1.53 bits per heavy atom. The number of anilines is 2. The fourth-order valence-electron chi connectivity index (χ4n) is 3.62. The van der Waals surface area contributed by atoms with Gasteiger partial charge in [-0.3, -0.25) is 9.59 Å². The van der Waals surface area contributed by atoms with Gasteiger partial charge in [0.25, 0.3) is 5.91 Å². The molecular weight excluding hydrogens is 432 g/mol. The summed E-state index contributed by atoms with van der Waals surface area (Å²) in [5.41, 5.74) is 1.28. The van der Waals surface area contributed by atoms with E-state index in [0.717, 1.165) is 11.5 Å². The van der Waals surface area contributed by atoms with E-state index in [1.807, 2.05) is 60.7 Å². The van der Waals surface area contributed by atoms with E-state index in [1.165, 1.54) is 0 Å². The van der Waals surface area contributed by atoms with Crippen LogP contribution in [0.3, 0.4) is 0 Å². The van der Waals surface area contributed by atoms with Crippen LogP contribution in [-0.2, 0) is 9.59 Å². The Hall–Kier alpha value is -4.00. The van der Waals surface area contributed by atoms with Gasteiger partial charge in [-0.1, -0.05) is 36.4 Å². The van der Waals surface area contributed by atoms with Crippen LogP contribution in [0.25, 0.3) is 0 Å². The minimum Gasteiger partial charge on any atom is -0.494 e. The van der Waals surface area contributed by atoms with Crippen LogP contribution in [0.4, 0.5) is 11.4 Å². The number of para-hydroxylation sites is 2. The second-order valence-electron chi connectivity index (χ2n) is 7.84. The van der Waals surface area contributed by atoms with Gasteiger partial charge in [0.15, 0.2) is 6.61 Å². The molecule has 7 heteroatoms. The van der Waals surface area contributed by atoms with Crippen LogP contribution < -0.4 is 24.4 Å². The van der Waals surface area contributed by atoms with Crippen LogP contribution in [0.15, 0.2) is 78.9 Å². The lowest BCUT2D eigenvalue weighted by atomic mass is 10.2. The molecule has 1 N–H and O–H groups in total. The fourth-order valence-corrected chi connectivity index (χ4v) is 3.62. The van der Waals surface area contributed by atoms with Crippen LogP contribution in [-0.4, -0.2) is 38.2 Å². The van der Waals surface area contributed by atoms with Crippen LogP contribution in [0, 0.1) is 0 Å². The maximum Gasteiger partial charge on any atom is 0.265 e. The maximum absolute atomic E-state index is 12.5. The van der Waals surface area contributed by atoms with E-state index in [1.54, 1.807) is 23.1 Å². The standard InChI is InChI=1S/C27H28N2O5/c30-26(13-7-17-32-22-9-3-1-4-10-22)28-21-14-15-25-24(19-21)29(27(31)20-34-25)16-8-18-33-23-11-5-2-6-12-23/h1-6,9-12,14-15,19H,7-8,13,16-18,20H2,(H,28,30). The van der Waals surface area contributed by atoms with E-state index in [0.29, 0.717) is 56.1 Å². The molecule has 2 amide bonds. The molecule has 3 aromatic carbocycles. The number of hydrogen-bond donors (Lipinski definition) is 1. The molecule has 1 aliphatic heterocycles. The quantitative estimate of drug-likeness (QED) is 0.421. The third-order valence-electron chi connectivity index (χ3n) is 5.28. The van der Waals surface area contributed by atoms with Gasteiger partial charge in [-0.15, -0.1) is 0 Å². The summed E-state index contributed by atoms with van der Waals surface area (Å²) in [4.78, 5) is 26.6. The van der Waals surface area contributed by atoms with Crippen molar-refractivity contribution in [2.45, 2.75) is 19.3 Å². The summed E-state index contributed by atoms with van der Waals surface area (Å²) >= 11 is 0. The molecule has 4 rings (SSSR count). The van der Waals surface area contributed by atoms with Crippen molar-refractivity contribution in [3.05, 3.63) is 78.9 Å². The highest BCUT2D eigenvalue weighted by Crippen LogP contribution is 2.34. The molecule has 0 aromatic heterocycles. The van der Waals surface area contributed by atoms with Crippen molar-refractivity contribution in [3.63, 3.8) is 0 Å². The Labute approximate surface area is 199 Å². The average molecular weight is 461 g/mol. The Kier molecular flexibility index (Phi) is 8.00. The third-order valence-corrected chi connectivity index (χ3v) is 5.28. The van der Waals surface area contributed by atoms with E-state index in [2.05, 4.69) is 5.32 Å². The Morgan fingerprint density at radius 1 is 0.882 bits per heavy atom. The summed E-state index contributed by atoms with van der Waals surface area (Å²) in [6.07, 6.45) is 1.60. The second kappa shape index (κ2) is 11.7. The monoisotopic (exact) mass is 460 g/mol. The van der Waals surface area contributed by atoms with Crippen molar-refractivity contribution in [2.75, 3.05) is 36.6 Å². The summed E-state index contributed by atoms with van der Waals surface area (Å²) in [6.45, 7) is 1.45. The van der Waals surface area contributed by atoms with Gasteiger partial charge in [0.1, 0.15) is 17.2 Å². The first-order chi connectivity index (χ1) is 16.7. The van der Waals surface area contributed by atoms with Crippen LogP contribution in [0.5, 0.6) is 17.2 Å². The Morgan fingerprint density at radius 3 is 2.21 bits per heavy atom. The minimum absolute atomic E-state index is 0.000335. The molecule has 3 aromatic rings. The molecular formula is C27H28N2O5. The molecule has 0 spiro atoms. The summed E-state index contributed by atoms with van der Waals surface area (Å²) in [7, 11) is 0. The van der Waals surface area contributed by atoms with Gasteiger partial charge in [0, 0.05) is 18.7 Å². The highest BCUT2D eigenvalue weighted by Gasteiger charge is 2.25. The number of nitrogens with zero attached hydrogens (tertiary/aromatic N) is 1. The average Bonchev–Trinajstić information content (AvgIpc) is 2.87. The highest BCUT2D eigenvalue weighted by molar-refractivity contribution is 5.99. The normalized spacial score (nSPS) is 12.5. The van der Waals surface area contributed by atoms with Gasteiger partial charge in [0.2, 0.25) is 5.91 Å². The molecule has 0 aliphatic carbocycles. The molecule has 0 unspecified atom stereocenters. The van der Waals surface area contributed by atoms with Crippen molar-refractivity contribution >= 4 is 23.2 Å². The summed E-state index contributed by atoms with van der Waals surface area (Å²) < 4.78 is 16.9. The van der Waals surface area contributed by atoms with E-state index in [-0.39, 0.29) is 18.4 Å². The fraction of sp³-hybridized carbons (Fsp3) is 0.259. The molecule has 1 heterocycles. The lowest BCUT2D eigenvalue weighted by Crippen LogP contribution is -2.39. The smallest absolute Gasteiger partial charge is 0.265 e. The molecule has 176 valence electrons. The predicted octanol–water partition coefficient (Wildman–Crippen LogP) is 4.68. The number of amides is 2. The highest BCUT2D eigenvalue weighted by atomic mass is 16.5. The first-order valence-electron chi connectivity index (χ1n) is 11.4. The topological polar surface area (TPSA) is 77.1 Å². The Balaban J connectivity index is 1.28. The van der Waals surface area contributed by atoms with E-state index in [4.69, 9.17) is 14.2 Å². The van der Waals surface area contributed by atoms with Crippen molar-refractivity contribution in [1.82, 2.24) is 0 Å². The number of benzene rings is 3. The molecule has 0 saturated carbocycles. The molecule has 0 saturated heterocycles. The Bertz CT molecular complexity index is 1090. The van der Waals surface area contributed by atoms with Gasteiger partial charge < -0.3 is 24.4 Å². The number of ether oxygens (including phenoxy) is 3. The number of rotatable bonds is 11. The molecule has 34 heavy (non-hydrogen) atoms. The first kappa shape index (κ1) is 23.2. The van der Waals surface area contributed by atoms with Crippen LogP contribution in [0.2, 0.25) is 0 Å². The van der Waals surface area contributed by atoms with Crippen molar-refractivity contribution in [1.29, 1.82) is 0 Å². The number of carbonyl (C=O) groups excluding carboxylic acids is 2. The predicted molar refractivity (Wildman–Crippen MR) is 131 cm³/mol. The second-order valence-corrected chi connectivity index (χ2v) is 7.84. The molecule has 0 radical (unpaired) electrons. The van der Waals surface area contributed by atoms with E-state index in [9.17, 15) is 9.59 Å². The van der Waals surface area contributed by atoms with E-state index >= 15 is 0 Å². The lowest BCUT2D eigenvalue weighted by molar-refractivity contribution is -0.121. The summed E-state index contributed by atoms with van der Waals surface area (Å²) in [5.74, 6) is 1.99. The first-order valence-corrected chi connectivity index (χ1v) is 11.4. The molecule has 1 aliphatic rings. The number of carbonyl (C=O) groups is 2. The number of nitrogens with one attached hydrogen (secondary N) is 1. The number of hydrogen-bond acceptors (Lipinski definition) is 5. The van der Waals surface area contributed by atoms with Crippen molar-refractivity contribution in [3.8, 4) is 17.2 Å². The minimum atomic E-state index is -0.117. The van der Waals surface area contributed by atoms with Crippen molar-refractivity contribution < 1.29 is 23.8 Å². The number of fused-ring (bicyclic) bond motifs is 1. The van der Waals surface area contributed by atoms with Gasteiger partial charge >= 0.3 is 0 Å². The summed E-state index contributed by atoms with van der Waals surface area (Å²) in [5, 5.41) is 2.90. The lowest BCUT2D eigenvalue weighted by Gasteiger charge is -2.30. The zero-order valence-corrected chi connectivity index (χ0v) is 18.9. The van der Waals surface area contributed by atoms with Crippen LogP contribution in [0.1, 0.15) is 19.3 Å². The summed E-state index contributed by atoms with van der Waals surface area (Å²) in [6, 6.07) is 24.4. The SMILES string of the molecule is O=C(CCCOc1ccccc1)Nc1ccc2c(c1)N(CCCOc1ccccc1)C(=O)CO2. The van der Waals surface area contributed by atoms with E-state index < -0.39 is 0 Å². The molecule has 0 atom stereocenters. The molecule has 0 bridgehead atoms. The zero-order chi connectivity index (χ0) is 23.6. The van der Waals surface area contributed by atoms with Crippen LogP contribution >= 0.6 is 0 Å². The third kappa shape index (κ3) is 6.51. The van der Waals surface area contributed by atoms with Crippen molar-refractivity contribution in [2.24, 2.45) is 0 Å². The zero-order valence-electron chi connectivity index (χ0n) is 18.9. The van der Waals surface area contributed by atoms with Gasteiger partial charge in [-0.25, -0.2) is 0 Å².